The van der Waals surface area contributed by atoms with Gasteiger partial charge in [0.2, 0.25) is 5.91 Å². The van der Waals surface area contributed by atoms with Crippen molar-refractivity contribution >= 4 is 17.3 Å². The summed E-state index contributed by atoms with van der Waals surface area (Å²) in [5.41, 5.74) is 3.95. The molecule has 4 heteroatoms. The summed E-state index contributed by atoms with van der Waals surface area (Å²) in [5, 5.41) is 12.5. The fraction of sp³-hybridized carbons (Fsp3) is 0.316. The second kappa shape index (κ2) is 6.84. The highest BCUT2D eigenvalue weighted by atomic mass is 16.3. The van der Waals surface area contributed by atoms with E-state index < -0.39 is 0 Å². The number of hydrogen-bond acceptors (Lipinski definition) is 3. The van der Waals surface area contributed by atoms with Crippen molar-refractivity contribution in [1.29, 1.82) is 0 Å². The molecule has 0 saturated heterocycles. The molecule has 1 aliphatic rings. The van der Waals surface area contributed by atoms with Crippen molar-refractivity contribution in [3.63, 3.8) is 0 Å². The highest BCUT2D eigenvalue weighted by molar-refractivity contribution is 5.99. The quantitative estimate of drug-likeness (QED) is 0.913. The van der Waals surface area contributed by atoms with Crippen LogP contribution in [0.3, 0.4) is 0 Å². The monoisotopic (exact) mass is 310 g/mol. The van der Waals surface area contributed by atoms with Crippen LogP contribution < -0.4 is 10.2 Å². The molecule has 2 aromatic carbocycles. The Kier molecular flexibility index (Phi) is 4.63. The van der Waals surface area contributed by atoms with E-state index in [2.05, 4.69) is 11.4 Å². The molecule has 2 aromatic rings. The van der Waals surface area contributed by atoms with Crippen LogP contribution in [0.25, 0.3) is 0 Å². The zero-order valence-corrected chi connectivity index (χ0v) is 13.3. The molecule has 0 radical (unpaired) electrons. The molecule has 1 atom stereocenters. The van der Waals surface area contributed by atoms with Gasteiger partial charge in [0.25, 0.3) is 0 Å². The third-order valence-corrected chi connectivity index (χ3v) is 4.24. The van der Waals surface area contributed by atoms with Crippen molar-refractivity contribution in [2.24, 2.45) is 0 Å². The average Bonchev–Trinajstić information content (AvgIpc) is 2.60. The number of aliphatic hydroxyl groups excluding tert-OH is 1. The molecule has 0 fully saturated rings. The number of nitrogens with zero attached hydrogens (tertiary/aromatic N) is 1. The third kappa shape index (κ3) is 3.37. The predicted molar refractivity (Wildman–Crippen MR) is 92.6 cm³/mol. The van der Waals surface area contributed by atoms with E-state index in [4.69, 9.17) is 0 Å². The molecule has 1 unspecified atom stereocenters. The van der Waals surface area contributed by atoms with Gasteiger partial charge in [-0.2, -0.15) is 0 Å². The van der Waals surface area contributed by atoms with Gasteiger partial charge in [-0.15, -0.1) is 0 Å². The number of carbonyl (C=O) groups excluding carboxylic acids is 1. The van der Waals surface area contributed by atoms with Crippen molar-refractivity contribution < 1.29 is 9.90 Å². The van der Waals surface area contributed by atoms with Crippen LogP contribution in [0, 0.1) is 0 Å². The Morgan fingerprint density at radius 1 is 1.26 bits per heavy atom. The van der Waals surface area contributed by atoms with Crippen molar-refractivity contribution in [3.8, 4) is 0 Å². The smallest absolute Gasteiger partial charge is 0.249 e. The first kappa shape index (κ1) is 15.6. The highest BCUT2D eigenvalue weighted by Crippen LogP contribution is 2.27. The van der Waals surface area contributed by atoms with E-state index in [9.17, 15) is 9.90 Å². The van der Waals surface area contributed by atoms with Crippen LogP contribution in [0.5, 0.6) is 0 Å². The van der Waals surface area contributed by atoms with E-state index in [1.807, 2.05) is 54.3 Å². The number of nitrogens with one attached hydrogen (secondary N) is 1. The molecule has 0 aliphatic carbocycles. The van der Waals surface area contributed by atoms with Crippen molar-refractivity contribution in [3.05, 3.63) is 59.7 Å². The maximum absolute atomic E-state index is 12.8. The lowest BCUT2D eigenvalue weighted by molar-refractivity contribution is -0.119. The van der Waals surface area contributed by atoms with Crippen molar-refractivity contribution in [2.45, 2.75) is 32.4 Å². The standard InChI is InChI=1S/C19H22N2O2/c1-14(20-17-9-4-6-15(12-17)13-22)19(23)21-11-5-8-16-7-2-3-10-18(16)21/h2-4,6-7,9-10,12,14,20,22H,5,8,11,13H2,1H3. The molecular weight excluding hydrogens is 288 g/mol. The molecule has 4 nitrogen and oxygen atoms in total. The number of para-hydroxylation sites is 1. The van der Waals surface area contributed by atoms with Crippen molar-refractivity contribution in [2.75, 3.05) is 16.8 Å². The summed E-state index contributed by atoms with van der Waals surface area (Å²) in [6.07, 6.45) is 2.02. The lowest BCUT2D eigenvalue weighted by atomic mass is 10.0. The molecule has 1 amide bonds. The first-order chi connectivity index (χ1) is 11.2. The average molecular weight is 310 g/mol. The van der Waals surface area contributed by atoms with Crippen LogP contribution >= 0.6 is 0 Å². The minimum atomic E-state index is -0.324. The molecule has 3 rings (SSSR count). The van der Waals surface area contributed by atoms with Crippen LogP contribution in [0.4, 0.5) is 11.4 Å². The number of benzene rings is 2. The van der Waals surface area contributed by atoms with Gasteiger partial charge in [-0.3, -0.25) is 4.79 Å². The Bertz CT molecular complexity index is 699. The molecule has 23 heavy (non-hydrogen) atoms. The number of amides is 1. The number of rotatable bonds is 4. The van der Waals surface area contributed by atoms with Gasteiger partial charge in [0.1, 0.15) is 6.04 Å². The second-order valence-electron chi connectivity index (χ2n) is 5.95. The van der Waals surface area contributed by atoms with Gasteiger partial charge in [-0.25, -0.2) is 0 Å². The number of aliphatic hydroxyl groups is 1. The van der Waals surface area contributed by atoms with Crippen LogP contribution in [0.1, 0.15) is 24.5 Å². The largest absolute Gasteiger partial charge is 0.392 e. The van der Waals surface area contributed by atoms with Crippen LogP contribution in [-0.4, -0.2) is 23.6 Å². The van der Waals surface area contributed by atoms with E-state index in [1.165, 1.54) is 5.56 Å². The number of fused-ring (bicyclic) bond motifs is 1. The molecule has 1 heterocycles. The predicted octanol–water partition coefficient (Wildman–Crippen LogP) is 2.96. The molecule has 1 aliphatic heterocycles. The molecule has 0 saturated carbocycles. The number of aryl methyl sites for hydroxylation is 1. The summed E-state index contributed by atoms with van der Waals surface area (Å²) in [6, 6.07) is 15.3. The lowest BCUT2D eigenvalue weighted by Crippen LogP contribution is -2.44. The van der Waals surface area contributed by atoms with Gasteiger partial charge in [0, 0.05) is 17.9 Å². The normalized spacial score (nSPS) is 15.0. The molecular formula is C19H22N2O2. The van der Waals surface area contributed by atoms with Crippen molar-refractivity contribution in [1.82, 2.24) is 0 Å². The van der Waals surface area contributed by atoms with Crippen LogP contribution in [-0.2, 0) is 17.8 Å². The Balaban J connectivity index is 1.75. The van der Waals surface area contributed by atoms with Crippen LogP contribution in [0.15, 0.2) is 48.5 Å². The van der Waals surface area contributed by atoms with E-state index in [-0.39, 0.29) is 18.6 Å². The summed E-state index contributed by atoms with van der Waals surface area (Å²) in [4.78, 5) is 14.7. The first-order valence-electron chi connectivity index (χ1n) is 8.04. The Labute approximate surface area is 136 Å². The van der Waals surface area contributed by atoms with E-state index in [1.54, 1.807) is 0 Å². The number of hydrogen-bond donors (Lipinski definition) is 2. The first-order valence-corrected chi connectivity index (χ1v) is 8.04. The minimum absolute atomic E-state index is 0.00263. The van der Waals surface area contributed by atoms with E-state index in [0.29, 0.717) is 0 Å². The number of carbonyl (C=O) groups is 1. The van der Waals surface area contributed by atoms with E-state index in [0.717, 1.165) is 36.3 Å². The third-order valence-electron chi connectivity index (χ3n) is 4.24. The zero-order valence-electron chi connectivity index (χ0n) is 13.3. The van der Waals surface area contributed by atoms with Gasteiger partial charge in [-0.1, -0.05) is 30.3 Å². The number of anilines is 2. The molecule has 0 aromatic heterocycles. The van der Waals surface area contributed by atoms with Gasteiger partial charge < -0.3 is 15.3 Å². The van der Waals surface area contributed by atoms with E-state index >= 15 is 0 Å². The van der Waals surface area contributed by atoms with Crippen LogP contribution in [0.2, 0.25) is 0 Å². The summed E-state index contributed by atoms with van der Waals surface area (Å²) >= 11 is 0. The Hall–Kier alpha value is -2.33. The fourth-order valence-electron chi connectivity index (χ4n) is 3.07. The summed E-state index contributed by atoms with van der Waals surface area (Å²) in [7, 11) is 0. The molecule has 0 bridgehead atoms. The highest BCUT2D eigenvalue weighted by Gasteiger charge is 2.25. The lowest BCUT2D eigenvalue weighted by Gasteiger charge is -2.32. The summed E-state index contributed by atoms with van der Waals surface area (Å²) in [5.74, 6) is 0.0755. The minimum Gasteiger partial charge on any atom is -0.392 e. The summed E-state index contributed by atoms with van der Waals surface area (Å²) in [6.45, 7) is 2.64. The fourth-order valence-corrected chi connectivity index (χ4v) is 3.07. The molecule has 0 spiro atoms. The van der Waals surface area contributed by atoms with Gasteiger partial charge in [0.15, 0.2) is 0 Å². The SMILES string of the molecule is CC(Nc1cccc(CO)c1)C(=O)N1CCCc2ccccc21. The van der Waals surface area contributed by atoms with Gasteiger partial charge in [-0.05, 0) is 49.1 Å². The maximum atomic E-state index is 12.8. The Morgan fingerprint density at radius 3 is 2.91 bits per heavy atom. The molecule has 120 valence electrons. The topological polar surface area (TPSA) is 52.6 Å². The molecule has 2 N–H and O–H groups in total. The van der Waals surface area contributed by atoms with Gasteiger partial charge in [0.05, 0.1) is 6.61 Å². The zero-order chi connectivity index (χ0) is 16.2. The Morgan fingerprint density at radius 2 is 2.09 bits per heavy atom. The maximum Gasteiger partial charge on any atom is 0.249 e. The second-order valence-corrected chi connectivity index (χ2v) is 5.95. The van der Waals surface area contributed by atoms with Gasteiger partial charge >= 0.3 is 0 Å². The summed E-state index contributed by atoms with van der Waals surface area (Å²) < 4.78 is 0.